The Kier molecular flexibility index (Phi) is 3.08. The lowest BCUT2D eigenvalue weighted by Gasteiger charge is -1.89. The average molecular weight is 187 g/mol. The van der Waals surface area contributed by atoms with Crippen LogP contribution in [0.2, 0.25) is 0 Å². The number of aryl methyl sites for hydroxylation is 1. The van der Waals surface area contributed by atoms with Crippen molar-refractivity contribution < 1.29 is 4.79 Å². The molecule has 1 aromatic rings. The predicted octanol–water partition coefficient (Wildman–Crippen LogP) is 2.13. The third-order valence-electron chi connectivity index (χ3n) is 0.997. The second-order valence-electron chi connectivity index (χ2n) is 2.25. The van der Waals surface area contributed by atoms with Gasteiger partial charge in [0.1, 0.15) is 5.78 Å². The van der Waals surface area contributed by atoms with Crippen LogP contribution in [0.3, 0.4) is 0 Å². The van der Waals surface area contributed by atoms with Gasteiger partial charge in [-0.1, -0.05) is 11.8 Å². The lowest BCUT2D eigenvalue weighted by Crippen LogP contribution is -1.92. The second-order valence-corrected chi connectivity index (χ2v) is 4.33. The molecule has 0 amide bonds. The largest absolute Gasteiger partial charge is 0.299 e. The van der Waals surface area contributed by atoms with Crippen molar-refractivity contribution in [1.29, 1.82) is 0 Å². The van der Waals surface area contributed by atoms with Crippen LogP contribution in [0.1, 0.15) is 12.6 Å². The number of carbonyl (C=O) groups excluding carboxylic acids is 1. The zero-order chi connectivity index (χ0) is 8.27. The first kappa shape index (κ1) is 8.74. The molecule has 0 fully saturated rings. The predicted molar refractivity (Wildman–Crippen MR) is 48.3 cm³/mol. The third-order valence-corrected chi connectivity index (χ3v) is 3.28. The lowest BCUT2D eigenvalue weighted by molar-refractivity contribution is -0.114. The summed E-state index contributed by atoms with van der Waals surface area (Å²) in [5, 5.41) is 1.99. The molecule has 0 aliphatic heterocycles. The number of ketones is 1. The molecule has 0 aliphatic carbocycles. The van der Waals surface area contributed by atoms with Gasteiger partial charge in [0.15, 0.2) is 4.34 Å². The number of thiazole rings is 1. The zero-order valence-corrected chi connectivity index (χ0v) is 8.09. The Labute approximate surface area is 74.0 Å². The van der Waals surface area contributed by atoms with E-state index in [1.54, 1.807) is 18.3 Å². The highest BCUT2D eigenvalue weighted by Crippen LogP contribution is 2.21. The Morgan fingerprint density at radius 2 is 2.55 bits per heavy atom. The maximum Gasteiger partial charge on any atom is 0.150 e. The Morgan fingerprint density at radius 1 is 1.82 bits per heavy atom. The highest BCUT2D eigenvalue weighted by Gasteiger charge is 2.00. The fraction of sp³-hybridized carbons (Fsp3) is 0.429. The molecular weight excluding hydrogens is 178 g/mol. The quantitative estimate of drug-likeness (QED) is 0.679. The summed E-state index contributed by atoms with van der Waals surface area (Å²) in [6, 6.07) is 0. The van der Waals surface area contributed by atoms with Crippen molar-refractivity contribution in [1.82, 2.24) is 4.98 Å². The summed E-state index contributed by atoms with van der Waals surface area (Å²) in [7, 11) is 0. The zero-order valence-electron chi connectivity index (χ0n) is 6.46. The number of Topliss-reactive ketones (excluding diaryl/α,β-unsaturated/α-hetero) is 1. The van der Waals surface area contributed by atoms with Gasteiger partial charge < -0.3 is 0 Å². The van der Waals surface area contributed by atoms with Gasteiger partial charge in [-0.05, 0) is 13.8 Å². The molecule has 0 unspecified atom stereocenters. The van der Waals surface area contributed by atoms with Gasteiger partial charge in [0, 0.05) is 11.1 Å². The molecule has 4 heteroatoms. The molecule has 2 nitrogen and oxygen atoms in total. The molecule has 1 heterocycles. The molecule has 0 aliphatic rings. The number of hydrogen-bond acceptors (Lipinski definition) is 4. The van der Waals surface area contributed by atoms with E-state index in [0.29, 0.717) is 5.75 Å². The van der Waals surface area contributed by atoms with E-state index in [1.807, 2.05) is 12.3 Å². The molecule has 0 N–H and O–H groups in total. The van der Waals surface area contributed by atoms with Crippen LogP contribution < -0.4 is 0 Å². The van der Waals surface area contributed by atoms with Gasteiger partial charge >= 0.3 is 0 Å². The van der Waals surface area contributed by atoms with Crippen LogP contribution in [0, 0.1) is 6.92 Å². The average Bonchev–Trinajstić information content (AvgIpc) is 2.31. The molecular formula is C7H9NOS2. The Hall–Kier alpha value is -0.350. The van der Waals surface area contributed by atoms with Crippen LogP contribution in [0.25, 0.3) is 0 Å². The van der Waals surface area contributed by atoms with Gasteiger partial charge in [-0.15, -0.1) is 11.3 Å². The van der Waals surface area contributed by atoms with E-state index < -0.39 is 0 Å². The molecule has 0 saturated carbocycles. The maximum atomic E-state index is 10.6. The number of hydrogen-bond donors (Lipinski definition) is 0. The van der Waals surface area contributed by atoms with Crippen LogP contribution in [0.4, 0.5) is 0 Å². The van der Waals surface area contributed by atoms with Crippen molar-refractivity contribution in [2.45, 2.75) is 18.2 Å². The molecule has 0 saturated heterocycles. The van der Waals surface area contributed by atoms with Gasteiger partial charge in [-0.3, -0.25) is 4.79 Å². The monoisotopic (exact) mass is 187 g/mol. The van der Waals surface area contributed by atoms with Crippen LogP contribution in [0.15, 0.2) is 9.72 Å². The summed E-state index contributed by atoms with van der Waals surface area (Å²) < 4.78 is 0.984. The number of carbonyl (C=O) groups is 1. The van der Waals surface area contributed by atoms with E-state index in [9.17, 15) is 4.79 Å². The molecule has 11 heavy (non-hydrogen) atoms. The van der Waals surface area contributed by atoms with Crippen molar-refractivity contribution in [2.75, 3.05) is 5.75 Å². The van der Waals surface area contributed by atoms with Gasteiger partial charge in [0.2, 0.25) is 0 Å². The van der Waals surface area contributed by atoms with Crippen molar-refractivity contribution in [3.8, 4) is 0 Å². The van der Waals surface area contributed by atoms with Crippen molar-refractivity contribution >= 4 is 28.9 Å². The minimum atomic E-state index is 0.197. The summed E-state index contributed by atoms with van der Waals surface area (Å²) in [6.07, 6.45) is 0. The fourth-order valence-corrected chi connectivity index (χ4v) is 2.21. The summed E-state index contributed by atoms with van der Waals surface area (Å²) in [5.74, 6) is 0.732. The molecule has 60 valence electrons. The molecule has 0 atom stereocenters. The highest BCUT2D eigenvalue weighted by atomic mass is 32.2. The molecule has 1 rings (SSSR count). The minimum absolute atomic E-state index is 0.197. The standard InChI is InChI=1S/C7H9NOS2/c1-5-3-10-7(8-5)11-4-6(2)9/h3H,4H2,1-2H3. The molecule has 1 aromatic heterocycles. The summed E-state index contributed by atoms with van der Waals surface area (Å²) >= 11 is 3.10. The lowest BCUT2D eigenvalue weighted by atomic mass is 10.5. The first-order chi connectivity index (χ1) is 5.18. The van der Waals surface area contributed by atoms with Crippen molar-refractivity contribution in [2.24, 2.45) is 0 Å². The summed E-state index contributed by atoms with van der Waals surface area (Å²) in [4.78, 5) is 14.8. The number of rotatable bonds is 3. The van der Waals surface area contributed by atoms with Gasteiger partial charge in [-0.25, -0.2) is 4.98 Å². The Bertz CT molecular complexity index is 257. The normalized spacial score (nSPS) is 10.0. The Balaban J connectivity index is 2.45. The SMILES string of the molecule is CC(=O)CSc1nc(C)cs1. The number of aromatic nitrogens is 1. The van der Waals surface area contributed by atoms with Crippen molar-refractivity contribution in [3.63, 3.8) is 0 Å². The van der Waals surface area contributed by atoms with Crippen LogP contribution in [-0.4, -0.2) is 16.5 Å². The third kappa shape index (κ3) is 3.03. The van der Waals surface area contributed by atoms with E-state index in [4.69, 9.17) is 0 Å². The van der Waals surface area contributed by atoms with Gasteiger partial charge in [0.05, 0.1) is 5.75 Å². The van der Waals surface area contributed by atoms with E-state index in [1.165, 1.54) is 11.8 Å². The number of nitrogens with zero attached hydrogens (tertiary/aromatic N) is 1. The van der Waals surface area contributed by atoms with E-state index in [0.717, 1.165) is 10.0 Å². The van der Waals surface area contributed by atoms with Gasteiger partial charge in [0.25, 0.3) is 0 Å². The van der Waals surface area contributed by atoms with Crippen LogP contribution in [0.5, 0.6) is 0 Å². The van der Waals surface area contributed by atoms with E-state index in [2.05, 4.69) is 4.98 Å². The molecule has 0 aromatic carbocycles. The summed E-state index contributed by atoms with van der Waals surface area (Å²) in [5.41, 5.74) is 1.03. The van der Waals surface area contributed by atoms with Gasteiger partial charge in [-0.2, -0.15) is 0 Å². The smallest absolute Gasteiger partial charge is 0.150 e. The van der Waals surface area contributed by atoms with Crippen LogP contribution in [-0.2, 0) is 4.79 Å². The second kappa shape index (κ2) is 3.88. The summed E-state index contributed by atoms with van der Waals surface area (Å²) in [6.45, 7) is 3.54. The maximum absolute atomic E-state index is 10.6. The minimum Gasteiger partial charge on any atom is -0.299 e. The van der Waals surface area contributed by atoms with Crippen molar-refractivity contribution in [3.05, 3.63) is 11.1 Å². The topological polar surface area (TPSA) is 30.0 Å². The first-order valence-electron chi connectivity index (χ1n) is 3.23. The highest BCUT2D eigenvalue weighted by molar-refractivity contribution is 8.01. The molecule has 0 spiro atoms. The Morgan fingerprint density at radius 3 is 3.00 bits per heavy atom. The van der Waals surface area contributed by atoms with E-state index in [-0.39, 0.29) is 5.78 Å². The van der Waals surface area contributed by atoms with Crippen LogP contribution >= 0.6 is 23.1 Å². The van der Waals surface area contributed by atoms with E-state index >= 15 is 0 Å². The fourth-order valence-electron chi connectivity index (χ4n) is 0.562. The first-order valence-corrected chi connectivity index (χ1v) is 5.09. The molecule has 0 bridgehead atoms. The molecule has 0 radical (unpaired) electrons. The number of thioether (sulfide) groups is 1.